The minimum Gasteiger partial charge on any atom is -0.486 e. The highest BCUT2D eigenvalue weighted by Gasteiger charge is 2.23. The summed E-state index contributed by atoms with van der Waals surface area (Å²) in [7, 11) is 1.91. The molecule has 1 aliphatic rings. The Labute approximate surface area is 139 Å². The number of hydrogen-bond acceptors (Lipinski definition) is 5. The van der Waals surface area contributed by atoms with Gasteiger partial charge in [-0.05, 0) is 19.1 Å². The van der Waals surface area contributed by atoms with Crippen LogP contribution in [0.1, 0.15) is 6.92 Å². The van der Waals surface area contributed by atoms with Crippen molar-refractivity contribution in [1.82, 2.24) is 14.9 Å². The summed E-state index contributed by atoms with van der Waals surface area (Å²) in [4.78, 5) is 16.4. The number of para-hydroxylation sites is 2. The smallest absolute Gasteiger partial charge is 0.233 e. The van der Waals surface area contributed by atoms with Gasteiger partial charge >= 0.3 is 0 Å². The van der Waals surface area contributed by atoms with Crippen molar-refractivity contribution in [2.24, 2.45) is 7.05 Å². The highest BCUT2D eigenvalue weighted by Crippen LogP contribution is 2.30. The molecule has 2 unspecified atom stereocenters. The van der Waals surface area contributed by atoms with Crippen molar-refractivity contribution in [3.05, 3.63) is 36.7 Å². The molecule has 2 atom stereocenters. The standard InChI is InChI=1S/C16H19N3O3S/c1-11(23-16-17-7-8-19(16)2)15(20)18-9-12-10-21-13-5-3-4-6-14(13)22-12/h3-8,11-12H,9-10H2,1-2H3,(H,18,20). The van der Waals surface area contributed by atoms with Gasteiger partial charge in [-0.15, -0.1) is 0 Å². The number of nitrogens with zero attached hydrogens (tertiary/aromatic N) is 2. The normalized spacial score (nSPS) is 17.6. The number of fused-ring (bicyclic) bond motifs is 1. The van der Waals surface area contributed by atoms with Gasteiger partial charge in [0.15, 0.2) is 16.7 Å². The van der Waals surface area contributed by atoms with Crippen molar-refractivity contribution in [1.29, 1.82) is 0 Å². The van der Waals surface area contributed by atoms with Crippen LogP contribution in [-0.4, -0.2) is 40.0 Å². The Morgan fingerprint density at radius 2 is 2.26 bits per heavy atom. The van der Waals surface area contributed by atoms with E-state index in [2.05, 4.69) is 10.3 Å². The summed E-state index contributed by atoms with van der Waals surface area (Å²) in [5.41, 5.74) is 0. The number of aromatic nitrogens is 2. The third kappa shape index (κ3) is 3.79. The van der Waals surface area contributed by atoms with E-state index in [0.29, 0.717) is 18.9 Å². The molecule has 7 heteroatoms. The molecule has 6 nitrogen and oxygen atoms in total. The molecule has 1 aliphatic heterocycles. The zero-order chi connectivity index (χ0) is 16.2. The number of imidazole rings is 1. The van der Waals surface area contributed by atoms with E-state index < -0.39 is 0 Å². The van der Waals surface area contributed by atoms with E-state index in [9.17, 15) is 4.79 Å². The fourth-order valence-electron chi connectivity index (χ4n) is 2.20. The highest BCUT2D eigenvalue weighted by molar-refractivity contribution is 8.00. The van der Waals surface area contributed by atoms with Crippen LogP contribution in [0.2, 0.25) is 0 Å². The number of rotatable bonds is 5. The van der Waals surface area contributed by atoms with Crippen LogP contribution in [0.4, 0.5) is 0 Å². The van der Waals surface area contributed by atoms with Gasteiger partial charge in [-0.3, -0.25) is 4.79 Å². The lowest BCUT2D eigenvalue weighted by Gasteiger charge is -2.26. The predicted octanol–water partition coefficient (Wildman–Crippen LogP) is 1.86. The van der Waals surface area contributed by atoms with E-state index >= 15 is 0 Å². The van der Waals surface area contributed by atoms with Crippen molar-refractivity contribution < 1.29 is 14.3 Å². The molecule has 0 saturated heterocycles. The Kier molecular flexibility index (Phi) is 4.76. The lowest BCUT2D eigenvalue weighted by atomic mass is 10.2. The molecule has 23 heavy (non-hydrogen) atoms. The van der Waals surface area contributed by atoms with Crippen LogP contribution in [0.25, 0.3) is 0 Å². The van der Waals surface area contributed by atoms with E-state index in [-0.39, 0.29) is 17.3 Å². The van der Waals surface area contributed by atoms with Crippen LogP contribution in [-0.2, 0) is 11.8 Å². The third-order valence-electron chi connectivity index (χ3n) is 3.50. The quantitative estimate of drug-likeness (QED) is 0.846. The first-order valence-corrected chi connectivity index (χ1v) is 8.31. The number of hydrogen-bond donors (Lipinski definition) is 1. The topological polar surface area (TPSA) is 65.4 Å². The lowest BCUT2D eigenvalue weighted by molar-refractivity contribution is -0.120. The largest absolute Gasteiger partial charge is 0.486 e. The average Bonchev–Trinajstić information content (AvgIpc) is 2.97. The van der Waals surface area contributed by atoms with Crippen LogP contribution in [0, 0.1) is 0 Å². The maximum absolute atomic E-state index is 12.2. The summed E-state index contributed by atoms with van der Waals surface area (Å²) < 4.78 is 13.4. The van der Waals surface area contributed by atoms with Gasteiger partial charge < -0.3 is 19.4 Å². The number of carbonyl (C=O) groups excluding carboxylic acids is 1. The first-order valence-electron chi connectivity index (χ1n) is 7.43. The average molecular weight is 333 g/mol. The van der Waals surface area contributed by atoms with Crippen molar-refractivity contribution in [2.45, 2.75) is 23.4 Å². The van der Waals surface area contributed by atoms with Gasteiger partial charge in [0.2, 0.25) is 5.91 Å². The molecule has 0 fully saturated rings. The first kappa shape index (κ1) is 15.7. The van der Waals surface area contributed by atoms with Gasteiger partial charge in [0.1, 0.15) is 12.7 Å². The van der Waals surface area contributed by atoms with E-state index in [1.165, 1.54) is 11.8 Å². The Balaban J connectivity index is 1.49. The molecule has 1 N–H and O–H groups in total. The number of amides is 1. The van der Waals surface area contributed by atoms with Gasteiger partial charge in [0.25, 0.3) is 0 Å². The van der Waals surface area contributed by atoms with Gasteiger partial charge in [-0.25, -0.2) is 4.98 Å². The lowest BCUT2D eigenvalue weighted by Crippen LogP contribution is -2.42. The summed E-state index contributed by atoms with van der Waals surface area (Å²) >= 11 is 1.43. The number of aryl methyl sites for hydroxylation is 1. The van der Waals surface area contributed by atoms with Gasteiger partial charge in [0, 0.05) is 19.4 Å². The summed E-state index contributed by atoms with van der Waals surface area (Å²) in [6.07, 6.45) is 3.40. The molecule has 0 aliphatic carbocycles. The Bertz CT molecular complexity index is 689. The van der Waals surface area contributed by atoms with Crippen molar-refractivity contribution in [3.63, 3.8) is 0 Å². The van der Waals surface area contributed by atoms with Crippen LogP contribution in [0.15, 0.2) is 41.8 Å². The number of thioether (sulfide) groups is 1. The predicted molar refractivity (Wildman–Crippen MR) is 87.9 cm³/mol. The van der Waals surface area contributed by atoms with E-state index in [1.54, 1.807) is 6.20 Å². The van der Waals surface area contributed by atoms with E-state index in [0.717, 1.165) is 10.9 Å². The molecule has 2 heterocycles. The van der Waals surface area contributed by atoms with Crippen molar-refractivity contribution >= 4 is 17.7 Å². The molecule has 0 radical (unpaired) electrons. The zero-order valence-electron chi connectivity index (χ0n) is 13.1. The fourth-order valence-corrected chi connectivity index (χ4v) is 3.05. The molecule has 2 aromatic rings. The second-order valence-corrected chi connectivity index (χ2v) is 6.63. The highest BCUT2D eigenvalue weighted by atomic mass is 32.2. The number of benzene rings is 1. The molecule has 1 amide bonds. The molecule has 1 aromatic carbocycles. The van der Waals surface area contributed by atoms with Gasteiger partial charge in [0.05, 0.1) is 11.8 Å². The molecule has 0 bridgehead atoms. The van der Waals surface area contributed by atoms with Crippen LogP contribution >= 0.6 is 11.8 Å². The summed E-state index contributed by atoms with van der Waals surface area (Å²) in [5, 5.41) is 3.50. The van der Waals surface area contributed by atoms with Gasteiger partial charge in [-0.1, -0.05) is 23.9 Å². The minimum atomic E-state index is -0.229. The Morgan fingerprint density at radius 3 is 3.00 bits per heavy atom. The van der Waals surface area contributed by atoms with E-state index in [1.807, 2.05) is 49.0 Å². The van der Waals surface area contributed by atoms with E-state index in [4.69, 9.17) is 9.47 Å². The molecule has 0 spiro atoms. The molecular weight excluding hydrogens is 314 g/mol. The van der Waals surface area contributed by atoms with Gasteiger partial charge in [-0.2, -0.15) is 0 Å². The SMILES string of the molecule is CC(Sc1nccn1C)C(=O)NCC1COc2ccccc2O1. The Hall–Kier alpha value is -2.15. The van der Waals surface area contributed by atoms with Crippen molar-refractivity contribution in [2.75, 3.05) is 13.2 Å². The van der Waals surface area contributed by atoms with Crippen LogP contribution in [0.5, 0.6) is 11.5 Å². The molecule has 1 aromatic heterocycles. The second kappa shape index (κ2) is 6.95. The maximum atomic E-state index is 12.2. The number of carbonyl (C=O) groups is 1. The molecule has 0 saturated carbocycles. The summed E-state index contributed by atoms with van der Waals surface area (Å²) in [6.45, 7) is 2.71. The maximum Gasteiger partial charge on any atom is 0.233 e. The summed E-state index contributed by atoms with van der Waals surface area (Å²) in [6, 6.07) is 7.54. The molecule has 122 valence electrons. The molecular formula is C16H19N3O3S. The van der Waals surface area contributed by atoms with Crippen LogP contribution in [0.3, 0.4) is 0 Å². The second-order valence-electron chi connectivity index (χ2n) is 5.32. The summed E-state index contributed by atoms with van der Waals surface area (Å²) in [5.74, 6) is 1.42. The third-order valence-corrected chi connectivity index (χ3v) is 4.67. The zero-order valence-corrected chi connectivity index (χ0v) is 13.9. The first-order chi connectivity index (χ1) is 11.1. The number of ether oxygens (including phenoxy) is 2. The Morgan fingerprint density at radius 1 is 1.48 bits per heavy atom. The fraction of sp³-hybridized carbons (Fsp3) is 0.375. The van der Waals surface area contributed by atoms with Crippen molar-refractivity contribution in [3.8, 4) is 11.5 Å². The number of nitrogens with one attached hydrogen (secondary N) is 1. The van der Waals surface area contributed by atoms with Crippen LogP contribution < -0.4 is 14.8 Å². The monoisotopic (exact) mass is 333 g/mol. The molecule has 3 rings (SSSR count). The minimum absolute atomic E-state index is 0.0412.